The molecule has 4 rings (SSSR count). The Labute approximate surface area is 141 Å². The molecule has 5 heteroatoms. The molecule has 1 aliphatic heterocycles. The largest absolute Gasteiger partial charge is 0.478 e. The first-order chi connectivity index (χ1) is 11.2. The minimum atomic E-state index is -0.895. The number of carbonyl (C=O) groups is 1. The molecule has 0 fully saturated rings. The zero-order chi connectivity index (χ0) is 15.9. The van der Waals surface area contributed by atoms with Gasteiger partial charge in [0.2, 0.25) is 0 Å². The molecule has 1 aliphatic rings. The molecule has 0 bridgehead atoms. The summed E-state index contributed by atoms with van der Waals surface area (Å²) in [5, 5.41) is 12.6. The SMILES string of the molecule is O=C(O)c1ccccc1C1(c2nc3ccccc3s2)CC=CS1. The monoisotopic (exact) mass is 339 g/mol. The van der Waals surface area contributed by atoms with Crippen molar-refractivity contribution in [2.75, 3.05) is 0 Å². The summed E-state index contributed by atoms with van der Waals surface area (Å²) in [6.45, 7) is 0. The van der Waals surface area contributed by atoms with Crippen LogP contribution in [0.25, 0.3) is 10.2 Å². The highest BCUT2D eigenvalue weighted by Crippen LogP contribution is 2.53. The number of para-hydroxylation sites is 1. The van der Waals surface area contributed by atoms with Gasteiger partial charge in [0.25, 0.3) is 0 Å². The predicted octanol–water partition coefficient (Wildman–Crippen LogP) is 4.89. The van der Waals surface area contributed by atoms with Crippen LogP contribution < -0.4 is 0 Å². The molecule has 2 heterocycles. The third kappa shape index (κ3) is 2.28. The zero-order valence-corrected chi connectivity index (χ0v) is 13.7. The topological polar surface area (TPSA) is 50.2 Å². The Bertz CT molecular complexity index is 888. The van der Waals surface area contributed by atoms with Crippen molar-refractivity contribution >= 4 is 39.3 Å². The maximum Gasteiger partial charge on any atom is 0.336 e. The number of nitrogens with zero attached hydrogens (tertiary/aromatic N) is 1. The number of thioether (sulfide) groups is 1. The van der Waals surface area contributed by atoms with E-state index in [0.29, 0.717) is 5.56 Å². The number of thiazole rings is 1. The highest BCUT2D eigenvalue weighted by Gasteiger charge is 2.41. The van der Waals surface area contributed by atoms with Crippen LogP contribution in [0.5, 0.6) is 0 Å². The van der Waals surface area contributed by atoms with Gasteiger partial charge in [0.05, 0.1) is 15.8 Å². The van der Waals surface area contributed by atoms with Crippen molar-refractivity contribution in [2.24, 2.45) is 0 Å². The molecule has 0 saturated heterocycles. The first-order valence-electron chi connectivity index (χ1n) is 7.22. The fraction of sp³-hybridized carbons (Fsp3) is 0.111. The van der Waals surface area contributed by atoms with E-state index in [0.717, 1.165) is 27.2 Å². The van der Waals surface area contributed by atoms with E-state index in [4.69, 9.17) is 4.98 Å². The summed E-state index contributed by atoms with van der Waals surface area (Å²) in [5.74, 6) is -0.895. The molecule has 3 nitrogen and oxygen atoms in total. The van der Waals surface area contributed by atoms with Crippen molar-refractivity contribution in [2.45, 2.75) is 11.2 Å². The Morgan fingerprint density at radius 1 is 1.13 bits per heavy atom. The van der Waals surface area contributed by atoms with Gasteiger partial charge in [0, 0.05) is 0 Å². The number of aromatic nitrogens is 1. The summed E-state index contributed by atoms with van der Waals surface area (Å²) >= 11 is 3.29. The molecule has 0 aliphatic carbocycles. The maximum atomic E-state index is 11.7. The maximum absolute atomic E-state index is 11.7. The van der Waals surface area contributed by atoms with E-state index in [1.54, 1.807) is 35.2 Å². The van der Waals surface area contributed by atoms with Gasteiger partial charge in [-0.05, 0) is 35.6 Å². The number of benzene rings is 2. The smallest absolute Gasteiger partial charge is 0.336 e. The summed E-state index contributed by atoms with van der Waals surface area (Å²) in [5.41, 5.74) is 2.14. The molecule has 1 N–H and O–H groups in total. The lowest BCUT2D eigenvalue weighted by Gasteiger charge is -2.27. The summed E-state index contributed by atoms with van der Waals surface area (Å²) < 4.78 is 0.681. The lowest BCUT2D eigenvalue weighted by atomic mass is 9.91. The van der Waals surface area contributed by atoms with E-state index >= 15 is 0 Å². The van der Waals surface area contributed by atoms with Gasteiger partial charge in [0.15, 0.2) is 0 Å². The molecule has 0 saturated carbocycles. The van der Waals surface area contributed by atoms with E-state index in [2.05, 4.69) is 12.1 Å². The lowest BCUT2D eigenvalue weighted by molar-refractivity contribution is 0.0695. The van der Waals surface area contributed by atoms with E-state index in [-0.39, 0.29) is 0 Å². The second kappa shape index (κ2) is 5.51. The first kappa shape index (κ1) is 14.5. The normalized spacial score (nSPS) is 20.2. The molecule has 3 aromatic rings. The Hall–Kier alpha value is -2.11. The highest BCUT2D eigenvalue weighted by atomic mass is 32.2. The second-order valence-electron chi connectivity index (χ2n) is 5.36. The van der Waals surface area contributed by atoms with E-state index in [9.17, 15) is 9.90 Å². The van der Waals surface area contributed by atoms with Gasteiger partial charge in [-0.25, -0.2) is 9.78 Å². The highest BCUT2D eigenvalue weighted by molar-refractivity contribution is 8.03. The van der Waals surface area contributed by atoms with E-state index in [1.807, 2.05) is 35.7 Å². The van der Waals surface area contributed by atoms with Crippen molar-refractivity contribution < 1.29 is 9.90 Å². The minimum absolute atomic E-state index is 0.350. The number of rotatable bonds is 3. The van der Waals surface area contributed by atoms with Gasteiger partial charge in [-0.3, -0.25) is 0 Å². The van der Waals surface area contributed by atoms with Gasteiger partial charge >= 0.3 is 5.97 Å². The summed E-state index contributed by atoms with van der Waals surface area (Å²) in [6, 6.07) is 15.3. The number of allylic oxidation sites excluding steroid dienone is 1. The fourth-order valence-corrected chi connectivity index (χ4v) is 5.33. The van der Waals surface area contributed by atoms with Crippen LogP contribution in [0.1, 0.15) is 27.3 Å². The molecule has 2 aromatic carbocycles. The molecule has 1 atom stereocenters. The molecular weight excluding hydrogens is 326 g/mol. The predicted molar refractivity (Wildman–Crippen MR) is 95.1 cm³/mol. The van der Waals surface area contributed by atoms with Crippen LogP contribution in [0.2, 0.25) is 0 Å². The number of hydrogen-bond donors (Lipinski definition) is 1. The third-order valence-electron chi connectivity index (χ3n) is 4.00. The Morgan fingerprint density at radius 2 is 1.91 bits per heavy atom. The van der Waals surface area contributed by atoms with Crippen LogP contribution in [0.15, 0.2) is 60.0 Å². The zero-order valence-electron chi connectivity index (χ0n) is 12.1. The number of aromatic carboxylic acids is 1. The van der Waals surface area contributed by atoms with E-state index in [1.165, 1.54) is 0 Å². The number of fused-ring (bicyclic) bond motifs is 1. The van der Waals surface area contributed by atoms with Gasteiger partial charge in [-0.1, -0.05) is 36.4 Å². The quantitative estimate of drug-likeness (QED) is 0.738. The fourth-order valence-electron chi connectivity index (χ4n) is 2.92. The van der Waals surface area contributed by atoms with Crippen molar-refractivity contribution in [1.82, 2.24) is 4.98 Å². The van der Waals surface area contributed by atoms with Crippen LogP contribution in [0.3, 0.4) is 0 Å². The Morgan fingerprint density at radius 3 is 2.65 bits per heavy atom. The molecule has 0 spiro atoms. The van der Waals surface area contributed by atoms with Crippen molar-refractivity contribution in [3.63, 3.8) is 0 Å². The average Bonchev–Trinajstić information content (AvgIpc) is 3.22. The lowest BCUT2D eigenvalue weighted by Crippen LogP contribution is -2.23. The van der Waals surface area contributed by atoms with Crippen LogP contribution in [0, 0.1) is 0 Å². The Kier molecular flexibility index (Phi) is 3.47. The molecule has 1 aromatic heterocycles. The number of carboxylic acid groups (broad SMARTS) is 1. The average molecular weight is 339 g/mol. The first-order valence-corrected chi connectivity index (χ1v) is 8.92. The van der Waals surface area contributed by atoms with Gasteiger partial charge in [0.1, 0.15) is 9.75 Å². The molecule has 0 radical (unpaired) electrons. The van der Waals surface area contributed by atoms with Gasteiger partial charge in [-0.2, -0.15) is 0 Å². The van der Waals surface area contributed by atoms with Gasteiger partial charge in [-0.15, -0.1) is 23.1 Å². The molecule has 23 heavy (non-hydrogen) atoms. The minimum Gasteiger partial charge on any atom is -0.478 e. The molecular formula is C18H13NO2S2. The van der Waals surface area contributed by atoms with Crippen LogP contribution in [-0.4, -0.2) is 16.1 Å². The van der Waals surface area contributed by atoms with Crippen molar-refractivity contribution in [3.8, 4) is 0 Å². The molecule has 114 valence electrons. The van der Waals surface area contributed by atoms with Crippen LogP contribution >= 0.6 is 23.1 Å². The Balaban J connectivity index is 1.95. The van der Waals surface area contributed by atoms with Gasteiger partial charge < -0.3 is 5.11 Å². The van der Waals surface area contributed by atoms with Crippen molar-refractivity contribution in [3.05, 3.63) is 76.1 Å². The van der Waals surface area contributed by atoms with Crippen LogP contribution in [0.4, 0.5) is 0 Å². The number of carboxylic acids is 1. The standard InChI is InChI=1S/C18H13NO2S2/c20-16(21)12-6-1-2-7-13(12)18(10-5-11-22-18)17-19-14-8-3-4-9-15(14)23-17/h1-9,11H,10H2,(H,20,21). The second-order valence-corrected chi connectivity index (χ2v) is 7.59. The molecule has 1 unspecified atom stereocenters. The van der Waals surface area contributed by atoms with Crippen LogP contribution in [-0.2, 0) is 4.75 Å². The summed E-state index contributed by atoms with van der Waals surface area (Å²) in [7, 11) is 0. The van der Waals surface area contributed by atoms with E-state index < -0.39 is 10.7 Å². The molecule has 0 amide bonds. The summed E-state index contributed by atoms with van der Waals surface area (Å²) in [6.07, 6.45) is 2.84. The third-order valence-corrected chi connectivity index (χ3v) is 6.64. The number of hydrogen-bond acceptors (Lipinski definition) is 4. The summed E-state index contributed by atoms with van der Waals surface area (Å²) in [4.78, 5) is 16.5. The van der Waals surface area contributed by atoms with Crippen molar-refractivity contribution in [1.29, 1.82) is 0 Å².